The first-order chi connectivity index (χ1) is 5.81. The van der Waals surface area contributed by atoms with Gasteiger partial charge in [-0.1, -0.05) is 6.92 Å². The lowest BCUT2D eigenvalue weighted by Crippen LogP contribution is -1.90. The molecule has 3 heteroatoms. The third-order valence-electron chi connectivity index (χ3n) is 2.04. The van der Waals surface area contributed by atoms with Crippen LogP contribution in [0.15, 0.2) is 12.3 Å². The van der Waals surface area contributed by atoms with Crippen molar-refractivity contribution in [1.29, 1.82) is 0 Å². The molecule has 0 amide bonds. The monoisotopic (exact) mass is 161 g/mol. The molecule has 12 heavy (non-hydrogen) atoms. The van der Waals surface area contributed by atoms with Crippen LogP contribution in [0.1, 0.15) is 18.3 Å². The van der Waals surface area contributed by atoms with Gasteiger partial charge in [0, 0.05) is 16.8 Å². The Morgan fingerprint density at radius 2 is 2.33 bits per heavy atom. The van der Waals surface area contributed by atoms with Gasteiger partial charge in [-0.25, -0.2) is 0 Å². The molecule has 0 unspecified atom stereocenters. The van der Waals surface area contributed by atoms with Crippen molar-refractivity contribution in [1.82, 2.24) is 15.2 Å². The molecule has 2 heterocycles. The normalized spacial score (nSPS) is 10.8. The van der Waals surface area contributed by atoms with Gasteiger partial charge in [0.15, 0.2) is 0 Å². The van der Waals surface area contributed by atoms with Crippen LogP contribution >= 0.6 is 0 Å². The van der Waals surface area contributed by atoms with Gasteiger partial charge in [0.1, 0.15) is 0 Å². The van der Waals surface area contributed by atoms with Gasteiger partial charge < -0.3 is 0 Å². The maximum atomic E-state index is 4.43. The maximum Gasteiger partial charge on any atom is 0.0686 e. The van der Waals surface area contributed by atoms with Crippen LogP contribution in [-0.2, 0) is 6.42 Å². The number of rotatable bonds is 1. The van der Waals surface area contributed by atoms with Crippen LogP contribution in [0, 0.1) is 6.92 Å². The summed E-state index contributed by atoms with van der Waals surface area (Å²) in [6.07, 6.45) is 2.78. The average molecular weight is 161 g/mol. The molecule has 2 aromatic rings. The number of fused-ring (bicyclic) bond motifs is 1. The van der Waals surface area contributed by atoms with Gasteiger partial charge in [-0.3, -0.25) is 10.1 Å². The topological polar surface area (TPSA) is 41.6 Å². The maximum absolute atomic E-state index is 4.43. The number of pyridine rings is 1. The molecule has 0 aliphatic heterocycles. The van der Waals surface area contributed by atoms with Gasteiger partial charge in [0.05, 0.1) is 11.7 Å². The van der Waals surface area contributed by atoms with E-state index in [1.54, 1.807) is 0 Å². The zero-order valence-corrected chi connectivity index (χ0v) is 7.26. The van der Waals surface area contributed by atoms with Crippen LogP contribution in [0.2, 0.25) is 0 Å². The lowest BCUT2D eigenvalue weighted by molar-refractivity contribution is 1.02. The number of hydrogen-bond donors (Lipinski definition) is 1. The van der Waals surface area contributed by atoms with E-state index < -0.39 is 0 Å². The molecular weight excluding hydrogens is 150 g/mol. The molecule has 3 nitrogen and oxygen atoms in total. The molecule has 0 aromatic carbocycles. The van der Waals surface area contributed by atoms with Crippen molar-refractivity contribution < 1.29 is 0 Å². The van der Waals surface area contributed by atoms with Crippen molar-refractivity contribution in [2.45, 2.75) is 20.3 Å². The third kappa shape index (κ3) is 0.978. The van der Waals surface area contributed by atoms with Crippen molar-refractivity contribution in [3.63, 3.8) is 0 Å². The first-order valence-electron chi connectivity index (χ1n) is 4.11. The summed E-state index contributed by atoms with van der Waals surface area (Å²) in [6.45, 7) is 4.11. The Morgan fingerprint density at radius 1 is 1.50 bits per heavy atom. The minimum atomic E-state index is 0.968. The first-order valence-corrected chi connectivity index (χ1v) is 4.11. The molecule has 0 atom stereocenters. The Hall–Kier alpha value is -1.38. The summed E-state index contributed by atoms with van der Waals surface area (Å²) in [5.41, 5.74) is 3.25. The Morgan fingerprint density at radius 3 is 3.08 bits per heavy atom. The summed E-state index contributed by atoms with van der Waals surface area (Å²) in [6, 6.07) is 2.05. The van der Waals surface area contributed by atoms with Crippen LogP contribution < -0.4 is 0 Å². The lowest BCUT2D eigenvalue weighted by atomic mass is 10.2. The van der Waals surface area contributed by atoms with E-state index in [1.807, 2.05) is 13.1 Å². The number of nitrogens with one attached hydrogen (secondary N) is 1. The highest BCUT2D eigenvalue weighted by Crippen LogP contribution is 2.14. The van der Waals surface area contributed by atoms with E-state index >= 15 is 0 Å². The molecular formula is C9H11N3. The number of aromatic nitrogens is 3. The average Bonchev–Trinajstić information content (AvgIpc) is 2.52. The van der Waals surface area contributed by atoms with Crippen LogP contribution in [-0.4, -0.2) is 15.2 Å². The van der Waals surface area contributed by atoms with Crippen molar-refractivity contribution in [2.75, 3.05) is 0 Å². The second kappa shape index (κ2) is 2.59. The first kappa shape index (κ1) is 7.28. The van der Waals surface area contributed by atoms with E-state index in [0.717, 1.165) is 28.7 Å². The Balaban J connectivity index is 2.75. The van der Waals surface area contributed by atoms with Crippen LogP contribution in [0.4, 0.5) is 0 Å². The highest BCUT2D eigenvalue weighted by molar-refractivity contribution is 5.80. The van der Waals surface area contributed by atoms with Gasteiger partial charge in [-0.15, -0.1) is 0 Å². The molecule has 0 bridgehead atoms. The molecule has 0 saturated carbocycles. The summed E-state index contributed by atoms with van der Waals surface area (Å²) < 4.78 is 0. The smallest absolute Gasteiger partial charge is 0.0686 e. The number of aryl methyl sites for hydroxylation is 2. The summed E-state index contributed by atoms with van der Waals surface area (Å²) >= 11 is 0. The molecule has 0 spiro atoms. The van der Waals surface area contributed by atoms with Crippen molar-refractivity contribution in [3.05, 3.63) is 23.7 Å². The van der Waals surface area contributed by atoms with Gasteiger partial charge >= 0.3 is 0 Å². The summed E-state index contributed by atoms with van der Waals surface area (Å²) in [7, 11) is 0. The van der Waals surface area contributed by atoms with Gasteiger partial charge in [0.25, 0.3) is 0 Å². The molecule has 2 rings (SSSR count). The Kier molecular flexibility index (Phi) is 1.57. The second-order valence-corrected chi connectivity index (χ2v) is 2.88. The van der Waals surface area contributed by atoms with E-state index in [9.17, 15) is 0 Å². The van der Waals surface area contributed by atoms with E-state index in [4.69, 9.17) is 0 Å². The van der Waals surface area contributed by atoms with Crippen LogP contribution in [0.25, 0.3) is 10.9 Å². The number of aromatic amines is 1. The fraction of sp³-hybridized carbons (Fsp3) is 0.333. The third-order valence-corrected chi connectivity index (χ3v) is 2.04. The fourth-order valence-electron chi connectivity index (χ4n) is 1.35. The minimum absolute atomic E-state index is 0.968. The highest BCUT2D eigenvalue weighted by atomic mass is 15.1. The SMILES string of the molecule is CCc1cc2[nH]ncc2c(C)n1. The quantitative estimate of drug-likeness (QED) is 0.693. The minimum Gasteiger partial charge on any atom is -0.278 e. The number of nitrogens with zero attached hydrogens (tertiary/aromatic N) is 2. The standard InChI is InChI=1S/C9H11N3/c1-3-7-4-9-8(5-10-12-9)6(2)11-7/h4-5H,3H2,1-2H3,(H,10,12). The summed E-state index contributed by atoms with van der Waals surface area (Å²) in [4.78, 5) is 4.43. The van der Waals surface area contributed by atoms with Crippen molar-refractivity contribution >= 4 is 10.9 Å². The summed E-state index contributed by atoms with van der Waals surface area (Å²) in [5, 5.41) is 8.04. The van der Waals surface area contributed by atoms with Crippen molar-refractivity contribution in [2.24, 2.45) is 0 Å². The van der Waals surface area contributed by atoms with E-state index in [-0.39, 0.29) is 0 Å². The molecule has 0 fully saturated rings. The van der Waals surface area contributed by atoms with Gasteiger partial charge in [0.2, 0.25) is 0 Å². The Bertz CT molecular complexity index is 403. The van der Waals surface area contributed by atoms with Gasteiger partial charge in [-0.05, 0) is 19.4 Å². The molecule has 1 N–H and O–H groups in total. The molecule has 0 saturated heterocycles. The molecule has 2 aromatic heterocycles. The highest BCUT2D eigenvalue weighted by Gasteiger charge is 2.01. The van der Waals surface area contributed by atoms with E-state index in [1.165, 1.54) is 0 Å². The number of H-pyrrole nitrogens is 1. The Labute approximate surface area is 70.8 Å². The predicted octanol–water partition coefficient (Wildman–Crippen LogP) is 1.83. The fourth-order valence-corrected chi connectivity index (χ4v) is 1.35. The van der Waals surface area contributed by atoms with Crippen LogP contribution in [0.3, 0.4) is 0 Å². The van der Waals surface area contributed by atoms with Crippen molar-refractivity contribution in [3.8, 4) is 0 Å². The van der Waals surface area contributed by atoms with E-state index in [0.29, 0.717) is 0 Å². The summed E-state index contributed by atoms with van der Waals surface area (Å²) in [5.74, 6) is 0. The number of hydrogen-bond acceptors (Lipinski definition) is 2. The van der Waals surface area contributed by atoms with Gasteiger partial charge in [-0.2, -0.15) is 5.10 Å². The second-order valence-electron chi connectivity index (χ2n) is 2.88. The van der Waals surface area contributed by atoms with E-state index in [2.05, 4.69) is 28.2 Å². The lowest BCUT2D eigenvalue weighted by Gasteiger charge is -1.98. The molecule has 0 aliphatic rings. The largest absolute Gasteiger partial charge is 0.278 e. The van der Waals surface area contributed by atoms with Crippen LogP contribution in [0.5, 0.6) is 0 Å². The zero-order chi connectivity index (χ0) is 8.55. The molecule has 0 radical (unpaired) electrons. The molecule has 0 aliphatic carbocycles. The zero-order valence-electron chi connectivity index (χ0n) is 7.26. The molecule has 62 valence electrons. The predicted molar refractivity (Wildman–Crippen MR) is 48.0 cm³/mol.